The SMILES string of the molecule is C=C1/C=C\C=C/CC2=C1C1=C(CC2)c2ccc(N(c3ccc(C(/C=C\C)=C/C)cc3)c3ccc4c(c3)C(C)(C)C3=C4Cc4ccccc4C(=C)/C=C\3)cc2C1(C)C. The number of hydrogen-bond donors (Lipinski definition) is 0. The van der Waals surface area contributed by atoms with Crippen LogP contribution in [-0.4, -0.2) is 0 Å². The molecule has 5 aliphatic carbocycles. The van der Waals surface area contributed by atoms with Crippen LogP contribution >= 0.6 is 0 Å². The molecule has 0 aromatic heterocycles. The maximum Gasteiger partial charge on any atom is 0.0465 e. The summed E-state index contributed by atoms with van der Waals surface area (Å²) >= 11 is 0. The van der Waals surface area contributed by atoms with Crippen LogP contribution in [0.5, 0.6) is 0 Å². The molecule has 0 saturated carbocycles. The molecule has 0 N–H and O–H groups in total. The molecule has 0 spiro atoms. The third kappa shape index (κ3) is 5.90. The molecule has 282 valence electrons. The number of hydrogen-bond acceptors (Lipinski definition) is 1. The molecule has 0 heterocycles. The van der Waals surface area contributed by atoms with E-state index in [1.54, 1.807) is 0 Å². The Labute approximate surface area is 340 Å². The molecular weight excluding hydrogens is 687 g/mol. The monoisotopic (exact) mass is 739 g/mol. The summed E-state index contributed by atoms with van der Waals surface area (Å²) in [6.07, 6.45) is 23.9. The lowest BCUT2D eigenvalue weighted by Crippen LogP contribution is -2.22. The fourth-order valence-electron chi connectivity index (χ4n) is 10.4. The summed E-state index contributed by atoms with van der Waals surface area (Å²) in [6, 6.07) is 32.3. The standard InChI is InChI=1S/C56H53N/c1-9-16-38(10-2)39-22-25-42(26-23-39)57(43-28-31-47-49-33-41-19-14-15-20-45(41)36(3)21-32-50(49)55(5,6)51(47)34-43)44-27-30-46-48-29-24-40-18-13-11-12-17-37(4)53(40)54(48)56(7,8)52(46)35-44/h9-17,19-23,25-28,30-32,34-35H,3-4,18,24,29,33H2,1-2,5-8H3/b13-11-,16-9-,17-12-,32-21-,38-10+. The van der Waals surface area contributed by atoms with Crippen LogP contribution in [0.1, 0.15) is 99.7 Å². The fourth-order valence-corrected chi connectivity index (χ4v) is 10.4. The summed E-state index contributed by atoms with van der Waals surface area (Å²) in [4.78, 5) is 2.48. The van der Waals surface area contributed by atoms with E-state index in [0.717, 1.165) is 42.5 Å². The molecule has 0 bridgehead atoms. The minimum absolute atomic E-state index is 0.170. The highest BCUT2D eigenvalue weighted by Gasteiger charge is 2.43. The van der Waals surface area contributed by atoms with Crippen molar-refractivity contribution in [3.63, 3.8) is 0 Å². The molecule has 0 radical (unpaired) electrons. The van der Waals surface area contributed by atoms with E-state index in [1.807, 2.05) is 0 Å². The lowest BCUT2D eigenvalue weighted by Gasteiger charge is -2.33. The molecule has 57 heavy (non-hydrogen) atoms. The van der Waals surface area contributed by atoms with Crippen LogP contribution in [0, 0.1) is 0 Å². The Hall–Kier alpha value is -5.92. The zero-order valence-electron chi connectivity index (χ0n) is 34.5. The van der Waals surface area contributed by atoms with Gasteiger partial charge in [0.2, 0.25) is 0 Å². The van der Waals surface area contributed by atoms with Crippen molar-refractivity contribution in [2.24, 2.45) is 0 Å². The van der Waals surface area contributed by atoms with E-state index in [1.165, 1.54) is 89.3 Å². The van der Waals surface area contributed by atoms with Gasteiger partial charge in [-0.3, -0.25) is 0 Å². The maximum atomic E-state index is 4.60. The van der Waals surface area contributed by atoms with Crippen molar-refractivity contribution in [2.75, 3.05) is 4.90 Å². The van der Waals surface area contributed by atoms with Gasteiger partial charge in [-0.2, -0.15) is 0 Å². The smallest absolute Gasteiger partial charge is 0.0465 e. The lowest BCUT2D eigenvalue weighted by molar-refractivity contribution is 0.640. The van der Waals surface area contributed by atoms with Gasteiger partial charge < -0.3 is 4.90 Å². The zero-order chi connectivity index (χ0) is 39.6. The molecule has 9 rings (SSSR count). The zero-order valence-corrected chi connectivity index (χ0v) is 34.5. The van der Waals surface area contributed by atoms with E-state index in [2.05, 4.69) is 199 Å². The number of nitrogens with zero attached hydrogens (tertiary/aromatic N) is 1. The predicted octanol–water partition coefficient (Wildman–Crippen LogP) is 15.2. The van der Waals surface area contributed by atoms with Gasteiger partial charge in [0.1, 0.15) is 0 Å². The minimum Gasteiger partial charge on any atom is -0.310 e. The summed E-state index contributed by atoms with van der Waals surface area (Å²) in [5.74, 6) is 0. The summed E-state index contributed by atoms with van der Waals surface area (Å²) < 4.78 is 0. The number of fused-ring (bicyclic) bond motifs is 6. The Morgan fingerprint density at radius 2 is 1.35 bits per heavy atom. The van der Waals surface area contributed by atoms with Crippen LogP contribution in [0.25, 0.3) is 22.3 Å². The van der Waals surface area contributed by atoms with Crippen LogP contribution in [0.4, 0.5) is 17.1 Å². The highest BCUT2D eigenvalue weighted by atomic mass is 15.1. The first-order chi connectivity index (χ1) is 27.5. The van der Waals surface area contributed by atoms with E-state index in [-0.39, 0.29) is 10.8 Å². The van der Waals surface area contributed by atoms with Gasteiger partial charge in [-0.15, -0.1) is 0 Å². The molecular formula is C56H53N. The van der Waals surface area contributed by atoms with E-state index >= 15 is 0 Å². The molecule has 1 nitrogen and oxygen atoms in total. The van der Waals surface area contributed by atoms with Gasteiger partial charge in [-0.25, -0.2) is 0 Å². The highest BCUT2D eigenvalue weighted by molar-refractivity contribution is 5.92. The first-order valence-corrected chi connectivity index (χ1v) is 20.7. The topological polar surface area (TPSA) is 3.24 Å². The van der Waals surface area contributed by atoms with Crippen LogP contribution in [0.2, 0.25) is 0 Å². The Bertz CT molecular complexity index is 2650. The average molecular weight is 740 g/mol. The average Bonchev–Trinajstić information content (AvgIpc) is 3.55. The second kappa shape index (κ2) is 13.9. The van der Waals surface area contributed by atoms with Gasteiger partial charge in [0.05, 0.1) is 0 Å². The molecule has 0 saturated heterocycles. The van der Waals surface area contributed by atoms with Crippen molar-refractivity contribution in [3.8, 4) is 0 Å². The molecule has 5 aliphatic rings. The molecule has 4 aromatic carbocycles. The van der Waals surface area contributed by atoms with Crippen molar-refractivity contribution in [1.82, 2.24) is 0 Å². The van der Waals surface area contributed by atoms with Crippen molar-refractivity contribution < 1.29 is 0 Å². The third-order valence-electron chi connectivity index (χ3n) is 13.3. The van der Waals surface area contributed by atoms with Crippen molar-refractivity contribution in [1.29, 1.82) is 0 Å². The van der Waals surface area contributed by atoms with Gasteiger partial charge in [0, 0.05) is 27.9 Å². The van der Waals surface area contributed by atoms with Gasteiger partial charge in [-0.05, 0) is 159 Å². The summed E-state index contributed by atoms with van der Waals surface area (Å²) in [5.41, 5.74) is 24.6. The Kier molecular flexibility index (Phi) is 8.97. The van der Waals surface area contributed by atoms with Crippen LogP contribution in [0.3, 0.4) is 0 Å². The summed E-state index contributed by atoms with van der Waals surface area (Å²) in [6.45, 7) is 22.9. The van der Waals surface area contributed by atoms with Crippen molar-refractivity contribution >= 4 is 39.4 Å². The van der Waals surface area contributed by atoms with Crippen LogP contribution in [-0.2, 0) is 17.3 Å². The van der Waals surface area contributed by atoms with Gasteiger partial charge in [0.25, 0.3) is 0 Å². The highest BCUT2D eigenvalue weighted by Crippen LogP contribution is 2.57. The Morgan fingerprint density at radius 1 is 0.667 bits per heavy atom. The quantitative estimate of drug-likeness (QED) is 0.184. The molecule has 0 aliphatic heterocycles. The number of rotatable bonds is 5. The van der Waals surface area contributed by atoms with E-state index in [0.29, 0.717) is 0 Å². The molecule has 0 fully saturated rings. The van der Waals surface area contributed by atoms with Crippen LogP contribution in [0.15, 0.2) is 181 Å². The van der Waals surface area contributed by atoms with Gasteiger partial charge in [0.15, 0.2) is 0 Å². The molecule has 1 heteroatoms. The maximum absolute atomic E-state index is 4.60. The lowest BCUT2D eigenvalue weighted by atomic mass is 9.72. The first-order valence-electron chi connectivity index (χ1n) is 20.7. The summed E-state index contributed by atoms with van der Waals surface area (Å²) in [7, 11) is 0. The molecule has 4 aromatic rings. The minimum atomic E-state index is -0.176. The number of benzene rings is 4. The van der Waals surface area contributed by atoms with E-state index in [9.17, 15) is 0 Å². The normalized spacial score (nSPS) is 20.8. The van der Waals surface area contributed by atoms with E-state index in [4.69, 9.17) is 0 Å². The number of anilines is 3. The molecule has 0 unspecified atom stereocenters. The van der Waals surface area contributed by atoms with Gasteiger partial charge in [-0.1, -0.05) is 150 Å². The van der Waals surface area contributed by atoms with Crippen LogP contribution < -0.4 is 4.90 Å². The second-order valence-corrected chi connectivity index (χ2v) is 17.3. The fraction of sp³-hybridized carbons (Fsp3) is 0.214. The predicted molar refractivity (Wildman–Crippen MR) is 246 cm³/mol. The number of allylic oxidation sites excluding steroid dienone is 18. The summed E-state index contributed by atoms with van der Waals surface area (Å²) in [5, 5.41) is 0. The van der Waals surface area contributed by atoms with Crippen molar-refractivity contribution in [2.45, 2.75) is 78.1 Å². The van der Waals surface area contributed by atoms with Crippen molar-refractivity contribution in [3.05, 3.63) is 220 Å². The van der Waals surface area contributed by atoms with E-state index < -0.39 is 0 Å². The largest absolute Gasteiger partial charge is 0.310 e. The first kappa shape index (κ1) is 36.7. The second-order valence-electron chi connectivity index (χ2n) is 17.3. The molecule has 0 atom stereocenters. The third-order valence-corrected chi connectivity index (χ3v) is 13.3. The Balaban J connectivity index is 1.18. The van der Waals surface area contributed by atoms with Gasteiger partial charge >= 0.3 is 0 Å². The Morgan fingerprint density at radius 3 is 2.07 bits per heavy atom. The molecule has 0 amide bonds.